The fraction of sp³-hybridized carbons (Fsp3) is 0.480. The number of benzene rings is 2. The fourth-order valence-corrected chi connectivity index (χ4v) is 4.70. The van der Waals surface area contributed by atoms with Crippen LogP contribution in [0.3, 0.4) is 0 Å². The van der Waals surface area contributed by atoms with Gasteiger partial charge in [0, 0.05) is 25.4 Å². The van der Waals surface area contributed by atoms with Crippen molar-refractivity contribution in [3.63, 3.8) is 0 Å². The third-order valence-corrected chi connectivity index (χ3v) is 6.49. The maximum Gasteiger partial charge on any atom is 0.416 e. The van der Waals surface area contributed by atoms with Crippen molar-refractivity contribution in [1.82, 2.24) is 4.90 Å². The summed E-state index contributed by atoms with van der Waals surface area (Å²) in [5, 5.41) is 0. The Bertz CT molecular complexity index is 1040. The van der Waals surface area contributed by atoms with Gasteiger partial charge >= 0.3 is 12.4 Å². The summed E-state index contributed by atoms with van der Waals surface area (Å²) in [6.07, 6.45) is -5.63. The van der Waals surface area contributed by atoms with Crippen molar-refractivity contribution < 1.29 is 40.6 Å². The quantitative estimate of drug-likeness (QED) is 0.421. The molecule has 2 aromatic rings. The number of ether oxygens (including phenoxy) is 2. The van der Waals surface area contributed by atoms with Crippen LogP contribution in [0.4, 0.5) is 26.3 Å². The van der Waals surface area contributed by atoms with Gasteiger partial charge < -0.3 is 14.4 Å². The number of alkyl halides is 6. The van der Waals surface area contributed by atoms with Crippen molar-refractivity contribution in [3.05, 3.63) is 58.7 Å². The number of rotatable bonds is 6. The molecule has 190 valence electrons. The second-order valence-electron chi connectivity index (χ2n) is 9.02. The van der Waals surface area contributed by atoms with E-state index in [1.807, 2.05) is 6.07 Å². The van der Waals surface area contributed by atoms with E-state index in [-0.39, 0.29) is 49.1 Å². The minimum Gasteiger partial charge on any atom is -0.493 e. The topological polar surface area (TPSA) is 38.8 Å². The van der Waals surface area contributed by atoms with Crippen LogP contribution in [-0.4, -0.2) is 30.6 Å². The molecule has 1 amide bonds. The molecule has 35 heavy (non-hydrogen) atoms. The van der Waals surface area contributed by atoms with Gasteiger partial charge in [-0.05, 0) is 67.1 Å². The number of hydrogen-bond acceptors (Lipinski definition) is 3. The summed E-state index contributed by atoms with van der Waals surface area (Å²) in [6.45, 7) is -0.171. The van der Waals surface area contributed by atoms with E-state index in [9.17, 15) is 31.1 Å². The molecule has 2 aromatic carbocycles. The fourth-order valence-electron chi connectivity index (χ4n) is 4.70. The molecule has 0 bridgehead atoms. The van der Waals surface area contributed by atoms with Crippen LogP contribution < -0.4 is 9.47 Å². The van der Waals surface area contributed by atoms with E-state index in [1.165, 1.54) is 12.0 Å². The average molecular weight is 501 g/mol. The summed E-state index contributed by atoms with van der Waals surface area (Å²) in [5.74, 6) is 0.517. The minimum absolute atomic E-state index is 0.0847. The first-order chi connectivity index (χ1) is 16.4. The van der Waals surface area contributed by atoms with Crippen LogP contribution in [0.5, 0.6) is 11.5 Å². The summed E-state index contributed by atoms with van der Waals surface area (Å²) in [4.78, 5) is 13.9. The zero-order valence-corrected chi connectivity index (χ0v) is 19.0. The minimum atomic E-state index is -4.94. The number of halogens is 6. The molecule has 1 saturated heterocycles. The Kier molecular flexibility index (Phi) is 6.92. The molecule has 2 aliphatic rings. The lowest BCUT2D eigenvalue weighted by Crippen LogP contribution is -2.25. The van der Waals surface area contributed by atoms with Gasteiger partial charge in [0.25, 0.3) is 0 Å². The first-order valence-electron chi connectivity index (χ1n) is 11.3. The first-order valence-corrected chi connectivity index (χ1v) is 11.3. The number of methoxy groups -OCH3 is 1. The Balaban J connectivity index is 1.54. The molecule has 2 fully saturated rings. The number of carbonyl (C=O) groups is 1. The molecule has 0 radical (unpaired) electrons. The standard InChI is InChI=1S/C25H25F6NO3/c1-34-21-7-6-16(10-22(21)35-20-4-2-3-5-20)17-11-23(33)32(14-17)13-15-8-18(24(26,27)28)12-19(9-15)25(29,30)31/h6-10,12,17,20H,2-5,11,13-14H2,1H3. The van der Waals surface area contributed by atoms with E-state index >= 15 is 0 Å². The van der Waals surface area contributed by atoms with Crippen LogP contribution in [0.2, 0.25) is 0 Å². The van der Waals surface area contributed by atoms with Gasteiger partial charge in [0.1, 0.15) is 0 Å². The number of nitrogens with zero attached hydrogens (tertiary/aromatic N) is 1. The van der Waals surface area contributed by atoms with Crippen LogP contribution in [0.25, 0.3) is 0 Å². The lowest BCUT2D eigenvalue weighted by Gasteiger charge is -2.20. The Labute approximate surface area is 198 Å². The van der Waals surface area contributed by atoms with Gasteiger partial charge in [-0.1, -0.05) is 6.07 Å². The Morgan fingerprint density at radius 1 is 0.914 bits per heavy atom. The molecule has 0 aromatic heterocycles. The highest BCUT2D eigenvalue weighted by Gasteiger charge is 2.38. The van der Waals surface area contributed by atoms with Crippen LogP contribution in [-0.2, 0) is 23.7 Å². The maximum atomic E-state index is 13.2. The van der Waals surface area contributed by atoms with Crippen LogP contribution in [0, 0.1) is 0 Å². The van der Waals surface area contributed by atoms with Crippen molar-refractivity contribution in [2.75, 3.05) is 13.7 Å². The lowest BCUT2D eigenvalue weighted by molar-refractivity contribution is -0.143. The molecule has 1 aliphatic heterocycles. The summed E-state index contributed by atoms with van der Waals surface area (Å²) < 4.78 is 90.6. The van der Waals surface area contributed by atoms with Crippen LogP contribution in [0.15, 0.2) is 36.4 Å². The number of likely N-dealkylation sites (tertiary alicyclic amines) is 1. The molecule has 1 aliphatic carbocycles. The highest BCUT2D eigenvalue weighted by atomic mass is 19.4. The predicted octanol–water partition coefficient (Wildman–Crippen LogP) is 6.57. The van der Waals surface area contributed by atoms with Crippen molar-refractivity contribution in [2.45, 2.75) is 63.0 Å². The third kappa shape index (κ3) is 5.85. The van der Waals surface area contributed by atoms with E-state index in [0.29, 0.717) is 23.6 Å². The van der Waals surface area contributed by atoms with E-state index < -0.39 is 23.5 Å². The van der Waals surface area contributed by atoms with Crippen molar-refractivity contribution in [1.29, 1.82) is 0 Å². The van der Waals surface area contributed by atoms with Crippen LogP contribution in [0.1, 0.15) is 60.3 Å². The van der Waals surface area contributed by atoms with E-state index in [2.05, 4.69) is 0 Å². The van der Waals surface area contributed by atoms with Gasteiger partial charge in [0.15, 0.2) is 11.5 Å². The molecule has 1 heterocycles. The molecule has 10 heteroatoms. The molecule has 1 atom stereocenters. The Morgan fingerprint density at radius 2 is 1.54 bits per heavy atom. The summed E-state index contributed by atoms with van der Waals surface area (Å²) in [6, 6.07) is 6.77. The van der Waals surface area contributed by atoms with E-state index in [0.717, 1.165) is 31.2 Å². The number of hydrogen-bond donors (Lipinski definition) is 0. The molecule has 0 N–H and O–H groups in total. The zero-order valence-electron chi connectivity index (χ0n) is 19.0. The molecule has 4 nitrogen and oxygen atoms in total. The second-order valence-corrected chi connectivity index (χ2v) is 9.02. The van der Waals surface area contributed by atoms with Gasteiger partial charge in [-0.2, -0.15) is 26.3 Å². The molecular formula is C25H25F6NO3. The predicted molar refractivity (Wildman–Crippen MR) is 115 cm³/mol. The molecule has 0 spiro atoms. The Hall–Kier alpha value is -2.91. The van der Waals surface area contributed by atoms with Crippen molar-refractivity contribution >= 4 is 5.91 Å². The van der Waals surface area contributed by atoms with Crippen molar-refractivity contribution in [2.24, 2.45) is 0 Å². The largest absolute Gasteiger partial charge is 0.493 e. The summed E-state index contributed by atoms with van der Waals surface area (Å²) >= 11 is 0. The van der Waals surface area contributed by atoms with Gasteiger partial charge in [-0.15, -0.1) is 0 Å². The highest BCUT2D eigenvalue weighted by molar-refractivity contribution is 5.80. The highest BCUT2D eigenvalue weighted by Crippen LogP contribution is 2.39. The molecular weight excluding hydrogens is 476 g/mol. The summed E-state index contributed by atoms with van der Waals surface area (Å²) in [7, 11) is 1.53. The number of carbonyl (C=O) groups excluding carboxylic acids is 1. The van der Waals surface area contributed by atoms with Gasteiger partial charge in [0.05, 0.1) is 24.3 Å². The third-order valence-electron chi connectivity index (χ3n) is 6.49. The normalized spacial score (nSPS) is 19.5. The molecule has 1 unspecified atom stereocenters. The average Bonchev–Trinajstić information content (AvgIpc) is 3.42. The van der Waals surface area contributed by atoms with E-state index in [4.69, 9.17) is 9.47 Å². The number of amides is 1. The first kappa shape index (κ1) is 25.2. The Morgan fingerprint density at radius 3 is 2.11 bits per heavy atom. The molecule has 1 saturated carbocycles. The van der Waals surface area contributed by atoms with Gasteiger partial charge in [-0.25, -0.2) is 0 Å². The smallest absolute Gasteiger partial charge is 0.416 e. The maximum absolute atomic E-state index is 13.2. The van der Waals surface area contributed by atoms with Gasteiger partial charge in [0.2, 0.25) is 5.91 Å². The summed E-state index contributed by atoms with van der Waals surface area (Å²) in [5.41, 5.74) is -2.21. The second kappa shape index (κ2) is 9.62. The molecule has 4 rings (SSSR count). The van der Waals surface area contributed by atoms with Crippen molar-refractivity contribution in [3.8, 4) is 11.5 Å². The monoisotopic (exact) mass is 501 g/mol. The lowest BCUT2D eigenvalue weighted by atomic mass is 9.98. The SMILES string of the molecule is COc1ccc(C2CC(=O)N(Cc3cc(C(F)(F)F)cc(C(F)(F)F)c3)C2)cc1OC1CCCC1. The van der Waals surface area contributed by atoms with E-state index in [1.54, 1.807) is 12.1 Å². The van der Waals surface area contributed by atoms with Crippen LogP contribution >= 0.6 is 0 Å². The van der Waals surface area contributed by atoms with Gasteiger partial charge in [-0.3, -0.25) is 4.79 Å². The zero-order chi connectivity index (χ0) is 25.4.